The van der Waals surface area contributed by atoms with Crippen molar-refractivity contribution in [1.29, 1.82) is 0 Å². The zero-order valence-electron chi connectivity index (χ0n) is 19.7. The van der Waals surface area contributed by atoms with Crippen LogP contribution in [0.2, 0.25) is 0 Å². The van der Waals surface area contributed by atoms with Crippen LogP contribution in [0.4, 0.5) is 0 Å². The van der Waals surface area contributed by atoms with Gasteiger partial charge in [-0.15, -0.1) is 0 Å². The second-order valence-corrected chi connectivity index (χ2v) is 8.92. The summed E-state index contributed by atoms with van der Waals surface area (Å²) in [4.78, 5) is 26.0. The Bertz CT molecular complexity index is 1420. The number of hydrogen-bond donors (Lipinski definition) is 1. The highest BCUT2D eigenvalue weighted by molar-refractivity contribution is 5.97. The number of phenols is 1. The van der Waals surface area contributed by atoms with Gasteiger partial charge >= 0.3 is 0 Å². The van der Waals surface area contributed by atoms with E-state index in [4.69, 9.17) is 0 Å². The molecule has 0 amide bonds. The lowest BCUT2D eigenvalue weighted by Gasteiger charge is -2.32. The van der Waals surface area contributed by atoms with Crippen molar-refractivity contribution in [3.63, 3.8) is 0 Å². The third-order valence-corrected chi connectivity index (χ3v) is 6.34. The van der Waals surface area contributed by atoms with Gasteiger partial charge in [-0.1, -0.05) is 30.2 Å². The van der Waals surface area contributed by atoms with Gasteiger partial charge in [-0.3, -0.25) is 19.1 Å². The Balaban J connectivity index is 1.26. The first-order chi connectivity index (χ1) is 17.0. The third-order valence-electron chi connectivity index (χ3n) is 6.34. The minimum absolute atomic E-state index is 0.0132. The molecule has 0 saturated carbocycles. The van der Waals surface area contributed by atoms with Crippen LogP contribution >= 0.6 is 0 Å². The van der Waals surface area contributed by atoms with E-state index in [1.54, 1.807) is 30.7 Å². The Morgan fingerprint density at radius 3 is 2.74 bits per heavy atom. The number of likely N-dealkylation sites (N-methyl/N-ethyl adjacent to an activating group) is 1. The summed E-state index contributed by atoms with van der Waals surface area (Å²) in [6.07, 6.45) is 7.12. The van der Waals surface area contributed by atoms with Crippen molar-refractivity contribution in [1.82, 2.24) is 24.2 Å². The molecule has 0 radical (unpaired) electrons. The van der Waals surface area contributed by atoms with Gasteiger partial charge in [0.1, 0.15) is 11.4 Å². The average molecular weight is 466 g/mol. The topological polar surface area (TPSA) is 74.0 Å². The highest BCUT2D eigenvalue weighted by Crippen LogP contribution is 2.22. The Labute approximate surface area is 204 Å². The first-order valence-electron chi connectivity index (χ1n) is 11.7. The van der Waals surface area contributed by atoms with Crippen LogP contribution < -0.4 is 0 Å². The lowest BCUT2D eigenvalue weighted by Crippen LogP contribution is -2.43. The maximum Gasteiger partial charge on any atom is 0.167 e. The summed E-state index contributed by atoms with van der Waals surface area (Å²) in [7, 11) is 2.13. The van der Waals surface area contributed by atoms with Crippen molar-refractivity contribution in [2.24, 2.45) is 0 Å². The number of fused-ring (bicyclic) bond motifs is 1. The highest BCUT2D eigenvalue weighted by atomic mass is 16.3. The largest absolute Gasteiger partial charge is 0.508 e. The van der Waals surface area contributed by atoms with Crippen molar-refractivity contribution < 1.29 is 9.90 Å². The zero-order chi connectivity index (χ0) is 24.2. The van der Waals surface area contributed by atoms with Crippen molar-refractivity contribution in [3.05, 3.63) is 95.2 Å². The molecule has 4 aromatic rings. The molecule has 5 rings (SSSR count). The molecule has 2 aromatic carbocycles. The van der Waals surface area contributed by atoms with E-state index in [-0.39, 0.29) is 18.0 Å². The molecule has 7 heteroatoms. The summed E-state index contributed by atoms with van der Waals surface area (Å²) in [5.74, 6) is 6.48. The Hall–Kier alpha value is -3.99. The van der Waals surface area contributed by atoms with E-state index in [1.165, 1.54) is 0 Å². The molecule has 0 bridgehead atoms. The maximum atomic E-state index is 13.0. The van der Waals surface area contributed by atoms with Gasteiger partial charge in [-0.25, -0.2) is 4.98 Å². The molecule has 0 aliphatic carbocycles. The Kier molecular flexibility index (Phi) is 6.57. The van der Waals surface area contributed by atoms with Crippen molar-refractivity contribution in [2.75, 3.05) is 33.2 Å². The number of benzene rings is 2. The van der Waals surface area contributed by atoms with E-state index < -0.39 is 0 Å². The molecular formula is C28H27N5O2. The van der Waals surface area contributed by atoms with Crippen LogP contribution in [0.3, 0.4) is 0 Å². The van der Waals surface area contributed by atoms with Gasteiger partial charge in [-0.2, -0.15) is 0 Å². The van der Waals surface area contributed by atoms with Crippen molar-refractivity contribution in [2.45, 2.75) is 13.0 Å². The summed E-state index contributed by atoms with van der Waals surface area (Å²) in [6, 6.07) is 12.9. The standard InChI is InChI=1S/C28H27N5O2/c1-31-11-13-32(14-12-31)20-24-7-5-22(17-27(24)35)16-26(34)23-4-2-3-21(15-23)6-8-25-18-30-28-19-29-9-10-33(25)28/h2-5,7,9-10,15,17-19,35H,11-14,16,20H2,1H3. The molecule has 7 nitrogen and oxygen atoms in total. The molecule has 35 heavy (non-hydrogen) atoms. The minimum atomic E-state index is -0.0132. The number of ketones is 1. The second kappa shape index (κ2) is 10.1. The van der Waals surface area contributed by atoms with Crippen LogP contribution in [0.15, 0.2) is 67.3 Å². The molecule has 0 unspecified atom stereocenters. The van der Waals surface area contributed by atoms with E-state index >= 15 is 0 Å². The van der Waals surface area contributed by atoms with Gasteiger partial charge in [0.2, 0.25) is 0 Å². The number of carbonyl (C=O) groups excluding carboxylic acids is 1. The molecule has 1 saturated heterocycles. The van der Waals surface area contributed by atoms with Crippen LogP contribution in [0.25, 0.3) is 5.65 Å². The van der Waals surface area contributed by atoms with E-state index in [1.807, 2.05) is 40.9 Å². The lowest BCUT2D eigenvalue weighted by molar-refractivity contribution is 0.0993. The Morgan fingerprint density at radius 1 is 1.06 bits per heavy atom. The number of Topliss-reactive ketones (excluding diaryl/α,β-unsaturated/α-hetero) is 1. The number of piperazine rings is 1. The van der Waals surface area contributed by atoms with Gasteiger partial charge in [0.05, 0.1) is 12.4 Å². The summed E-state index contributed by atoms with van der Waals surface area (Å²) >= 11 is 0. The summed E-state index contributed by atoms with van der Waals surface area (Å²) in [6.45, 7) is 4.77. The number of aromatic nitrogens is 3. The molecule has 1 aliphatic rings. The number of imidazole rings is 1. The molecule has 1 fully saturated rings. The molecule has 2 aromatic heterocycles. The van der Waals surface area contributed by atoms with Crippen molar-refractivity contribution >= 4 is 11.4 Å². The van der Waals surface area contributed by atoms with E-state index in [0.29, 0.717) is 5.56 Å². The fourth-order valence-electron chi connectivity index (χ4n) is 4.23. The lowest BCUT2D eigenvalue weighted by atomic mass is 10.00. The summed E-state index contributed by atoms with van der Waals surface area (Å²) < 4.78 is 1.87. The molecule has 3 heterocycles. The van der Waals surface area contributed by atoms with Gasteiger partial charge in [0, 0.05) is 68.2 Å². The molecule has 0 atom stereocenters. The fourth-order valence-corrected chi connectivity index (χ4v) is 4.23. The number of nitrogens with zero attached hydrogens (tertiary/aromatic N) is 5. The minimum Gasteiger partial charge on any atom is -0.508 e. The van der Waals surface area contributed by atoms with Crippen LogP contribution in [0.1, 0.15) is 32.7 Å². The molecule has 1 N–H and O–H groups in total. The maximum absolute atomic E-state index is 13.0. The number of aromatic hydroxyl groups is 1. The molecule has 1 aliphatic heterocycles. The van der Waals surface area contributed by atoms with Gasteiger partial charge < -0.3 is 10.0 Å². The number of carbonyl (C=O) groups is 1. The first-order valence-corrected chi connectivity index (χ1v) is 11.7. The van der Waals surface area contributed by atoms with Crippen LogP contribution in [0, 0.1) is 11.8 Å². The van der Waals surface area contributed by atoms with E-state index in [9.17, 15) is 9.90 Å². The SMILES string of the molecule is CN1CCN(Cc2ccc(CC(=O)c3cccc(C#Cc4cnc5cnccn45)c3)cc2O)CC1. The van der Waals surface area contributed by atoms with Gasteiger partial charge in [0.15, 0.2) is 11.4 Å². The number of rotatable bonds is 5. The molecular weight excluding hydrogens is 438 g/mol. The zero-order valence-corrected chi connectivity index (χ0v) is 19.7. The normalized spacial score (nSPS) is 14.5. The smallest absolute Gasteiger partial charge is 0.167 e. The van der Waals surface area contributed by atoms with Crippen molar-refractivity contribution in [3.8, 4) is 17.6 Å². The van der Waals surface area contributed by atoms with Crippen LogP contribution in [0.5, 0.6) is 5.75 Å². The second-order valence-electron chi connectivity index (χ2n) is 8.92. The molecule has 0 spiro atoms. The van der Waals surface area contributed by atoms with Crippen LogP contribution in [-0.2, 0) is 13.0 Å². The van der Waals surface area contributed by atoms with Gasteiger partial charge in [-0.05, 0) is 36.7 Å². The first kappa shape index (κ1) is 22.8. The highest BCUT2D eigenvalue weighted by Gasteiger charge is 2.16. The van der Waals surface area contributed by atoms with Gasteiger partial charge in [0.25, 0.3) is 0 Å². The molecule has 176 valence electrons. The Morgan fingerprint density at radius 2 is 1.91 bits per heavy atom. The van der Waals surface area contributed by atoms with E-state index in [2.05, 4.69) is 38.7 Å². The third kappa shape index (κ3) is 5.40. The predicted molar refractivity (Wildman–Crippen MR) is 134 cm³/mol. The predicted octanol–water partition coefficient (Wildman–Crippen LogP) is 3.01. The van der Waals surface area contributed by atoms with Crippen LogP contribution in [-0.4, -0.2) is 68.3 Å². The summed E-state index contributed by atoms with van der Waals surface area (Å²) in [5, 5.41) is 10.6. The number of phenolic OH excluding ortho intramolecular Hbond substituents is 1. The van der Waals surface area contributed by atoms with E-state index in [0.717, 1.165) is 60.8 Å². The quantitative estimate of drug-likeness (QED) is 0.361. The monoisotopic (exact) mass is 465 g/mol. The summed E-state index contributed by atoms with van der Waals surface area (Å²) in [5.41, 5.74) is 4.53. The number of hydrogen-bond acceptors (Lipinski definition) is 6. The fraction of sp³-hybridized carbons (Fsp3) is 0.250. The average Bonchev–Trinajstić information content (AvgIpc) is 3.29.